The van der Waals surface area contributed by atoms with Crippen LogP contribution in [0.3, 0.4) is 0 Å². The van der Waals surface area contributed by atoms with E-state index in [2.05, 4.69) is 41.5 Å². The third-order valence-electron chi connectivity index (χ3n) is 3.79. The summed E-state index contributed by atoms with van der Waals surface area (Å²) in [6.45, 7) is 2.18. The zero-order valence-corrected chi connectivity index (χ0v) is 12.1. The van der Waals surface area contributed by atoms with Crippen LogP contribution in [0.25, 0.3) is 10.8 Å². The van der Waals surface area contributed by atoms with Gasteiger partial charge in [0.2, 0.25) is 0 Å². The standard InChI is InChI=1S/C18H19N3/c1-2-17(13-6-4-3-5-7-13)21-18-9-8-16(19)14-10-11-20-12-15(14)18/h3-12,17,21H,2,19H2,1H3. The van der Waals surface area contributed by atoms with Crippen LogP contribution in [0, 0.1) is 0 Å². The molecule has 3 aromatic rings. The van der Waals surface area contributed by atoms with Crippen LogP contribution in [0.5, 0.6) is 0 Å². The van der Waals surface area contributed by atoms with Crippen molar-refractivity contribution in [3.63, 3.8) is 0 Å². The number of hydrogen-bond acceptors (Lipinski definition) is 3. The number of nitrogen functional groups attached to an aromatic ring is 1. The van der Waals surface area contributed by atoms with E-state index in [1.807, 2.05) is 30.5 Å². The number of aromatic nitrogens is 1. The molecule has 0 fully saturated rings. The maximum atomic E-state index is 6.04. The first-order chi connectivity index (χ1) is 10.3. The highest BCUT2D eigenvalue weighted by Gasteiger charge is 2.11. The average Bonchev–Trinajstić information content (AvgIpc) is 2.55. The van der Waals surface area contributed by atoms with Crippen LogP contribution in [-0.4, -0.2) is 4.98 Å². The summed E-state index contributed by atoms with van der Waals surface area (Å²) in [5.41, 5.74) is 9.19. The number of benzene rings is 2. The number of rotatable bonds is 4. The minimum atomic E-state index is 0.276. The molecule has 0 aliphatic heterocycles. The number of anilines is 2. The lowest BCUT2D eigenvalue weighted by Crippen LogP contribution is -2.10. The number of nitrogens with zero attached hydrogens (tertiary/aromatic N) is 1. The molecule has 1 aromatic heterocycles. The van der Waals surface area contributed by atoms with Crippen molar-refractivity contribution in [1.29, 1.82) is 0 Å². The van der Waals surface area contributed by atoms with Crippen LogP contribution in [0.15, 0.2) is 60.9 Å². The lowest BCUT2D eigenvalue weighted by molar-refractivity contribution is 0.750. The van der Waals surface area contributed by atoms with Gasteiger partial charge in [-0.2, -0.15) is 0 Å². The van der Waals surface area contributed by atoms with Crippen molar-refractivity contribution in [1.82, 2.24) is 4.98 Å². The smallest absolute Gasteiger partial charge is 0.0511 e. The van der Waals surface area contributed by atoms with E-state index < -0.39 is 0 Å². The topological polar surface area (TPSA) is 50.9 Å². The van der Waals surface area contributed by atoms with Crippen molar-refractivity contribution in [3.8, 4) is 0 Å². The Labute approximate surface area is 124 Å². The number of pyridine rings is 1. The maximum Gasteiger partial charge on any atom is 0.0511 e. The summed E-state index contributed by atoms with van der Waals surface area (Å²) in [6.07, 6.45) is 4.65. The molecule has 0 aliphatic rings. The summed E-state index contributed by atoms with van der Waals surface area (Å²) in [5, 5.41) is 5.72. The van der Waals surface area contributed by atoms with Gasteiger partial charge >= 0.3 is 0 Å². The summed E-state index contributed by atoms with van der Waals surface area (Å²) in [7, 11) is 0. The molecule has 0 saturated heterocycles. The molecule has 0 saturated carbocycles. The van der Waals surface area contributed by atoms with Gasteiger partial charge in [0.05, 0.1) is 6.04 Å². The van der Waals surface area contributed by atoms with Crippen molar-refractivity contribution in [2.45, 2.75) is 19.4 Å². The van der Waals surface area contributed by atoms with Crippen molar-refractivity contribution >= 4 is 22.1 Å². The van der Waals surface area contributed by atoms with Crippen molar-refractivity contribution in [3.05, 3.63) is 66.5 Å². The fraction of sp³-hybridized carbons (Fsp3) is 0.167. The molecule has 106 valence electrons. The Morgan fingerprint density at radius 1 is 1.05 bits per heavy atom. The van der Waals surface area contributed by atoms with Crippen LogP contribution in [0.4, 0.5) is 11.4 Å². The molecule has 3 N–H and O–H groups in total. The van der Waals surface area contributed by atoms with E-state index in [0.29, 0.717) is 0 Å². The van der Waals surface area contributed by atoms with Gasteiger partial charge < -0.3 is 11.1 Å². The molecule has 0 aliphatic carbocycles. The van der Waals surface area contributed by atoms with Crippen molar-refractivity contribution < 1.29 is 0 Å². The Hall–Kier alpha value is -2.55. The van der Waals surface area contributed by atoms with E-state index in [-0.39, 0.29) is 6.04 Å². The van der Waals surface area contributed by atoms with Gasteiger partial charge in [0.15, 0.2) is 0 Å². The molecule has 0 spiro atoms. The average molecular weight is 277 g/mol. The van der Waals surface area contributed by atoms with Crippen LogP contribution in [0.1, 0.15) is 24.9 Å². The second-order valence-electron chi connectivity index (χ2n) is 5.14. The Morgan fingerprint density at radius 3 is 2.62 bits per heavy atom. The predicted molar refractivity (Wildman–Crippen MR) is 89.3 cm³/mol. The summed E-state index contributed by atoms with van der Waals surface area (Å²) in [5.74, 6) is 0. The van der Waals surface area contributed by atoms with Gasteiger partial charge in [0, 0.05) is 34.5 Å². The molecule has 3 rings (SSSR count). The van der Waals surface area contributed by atoms with Crippen LogP contribution >= 0.6 is 0 Å². The van der Waals surface area contributed by atoms with E-state index in [9.17, 15) is 0 Å². The molecule has 3 nitrogen and oxygen atoms in total. The van der Waals surface area contributed by atoms with Crippen molar-refractivity contribution in [2.75, 3.05) is 11.1 Å². The number of nitrogens with one attached hydrogen (secondary N) is 1. The van der Waals surface area contributed by atoms with Gasteiger partial charge in [-0.1, -0.05) is 37.3 Å². The Kier molecular flexibility index (Phi) is 3.73. The van der Waals surface area contributed by atoms with Gasteiger partial charge in [-0.3, -0.25) is 4.98 Å². The Bertz CT molecular complexity index is 738. The van der Waals surface area contributed by atoms with Gasteiger partial charge in [0.1, 0.15) is 0 Å². The molecular weight excluding hydrogens is 258 g/mol. The zero-order valence-electron chi connectivity index (χ0n) is 12.1. The second kappa shape index (κ2) is 5.83. The molecule has 2 aromatic carbocycles. The fourth-order valence-electron chi connectivity index (χ4n) is 2.63. The van der Waals surface area contributed by atoms with Gasteiger partial charge in [-0.25, -0.2) is 0 Å². The molecular formula is C18H19N3. The van der Waals surface area contributed by atoms with Crippen LogP contribution in [0.2, 0.25) is 0 Å². The van der Waals surface area contributed by atoms with E-state index in [4.69, 9.17) is 5.73 Å². The summed E-state index contributed by atoms with van der Waals surface area (Å²) >= 11 is 0. The number of fused-ring (bicyclic) bond motifs is 1. The normalized spacial score (nSPS) is 12.2. The molecule has 0 radical (unpaired) electrons. The summed E-state index contributed by atoms with van der Waals surface area (Å²) in [4.78, 5) is 4.22. The highest BCUT2D eigenvalue weighted by molar-refractivity contribution is 6.00. The largest absolute Gasteiger partial charge is 0.398 e. The molecule has 1 unspecified atom stereocenters. The molecule has 3 heteroatoms. The number of hydrogen-bond donors (Lipinski definition) is 2. The highest BCUT2D eigenvalue weighted by atomic mass is 14.9. The monoisotopic (exact) mass is 277 g/mol. The van der Waals surface area contributed by atoms with Gasteiger partial charge in [-0.05, 0) is 30.2 Å². The molecule has 21 heavy (non-hydrogen) atoms. The Balaban J connectivity index is 1.99. The van der Waals surface area contributed by atoms with E-state index in [1.54, 1.807) is 6.20 Å². The first kappa shape index (κ1) is 13.4. The first-order valence-corrected chi connectivity index (χ1v) is 7.23. The predicted octanol–water partition coefficient (Wildman–Crippen LogP) is 4.38. The first-order valence-electron chi connectivity index (χ1n) is 7.23. The van der Waals surface area contributed by atoms with Crippen LogP contribution < -0.4 is 11.1 Å². The van der Waals surface area contributed by atoms with Gasteiger partial charge in [0.25, 0.3) is 0 Å². The molecule has 0 bridgehead atoms. The minimum absolute atomic E-state index is 0.276. The lowest BCUT2D eigenvalue weighted by Gasteiger charge is -2.20. The quantitative estimate of drug-likeness (QED) is 0.696. The lowest BCUT2D eigenvalue weighted by atomic mass is 10.0. The molecule has 1 atom stereocenters. The third-order valence-corrected chi connectivity index (χ3v) is 3.79. The summed E-state index contributed by atoms with van der Waals surface area (Å²) < 4.78 is 0. The summed E-state index contributed by atoms with van der Waals surface area (Å²) in [6, 6.07) is 16.7. The van der Waals surface area contributed by atoms with E-state index in [0.717, 1.165) is 28.6 Å². The Morgan fingerprint density at radius 2 is 1.86 bits per heavy atom. The maximum absolute atomic E-state index is 6.04. The molecule has 1 heterocycles. The number of nitrogens with two attached hydrogens (primary N) is 1. The van der Waals surface area contributed by atoms with Crippen LogP contribution in [-0.2, 0) is 0 Å². The SMILES string of the molecule is CCC(Nc1ccc(N)c2ccncc12)c1ccccc1. The second-order valence-corrected chi connectivity index (χ2v) is 5.14. The fourth-order valence-corrected chi connectivity index (χ4v) is 2.63. The third kappa shape index (κ3) is 2.68. The van der Waals surface area contributed by atoms with E-state index >= 15 is 0 Å². The van der Waals surface area contributed by atoms with Crippen molar-refractivity contribution in [2.24, 2.45) is 0 Å². The molecule has 0 amide bonds. The zero-order chi connectivity index (χ0) is 14.7. The van der Waals surface area contributed by atoms with E-state index in [1.165, 1.54) is 5.56 Å². The minimum Gasteiger partial charge on any atom is -0.398 e. The van der Waals surface area contributed by atoms with Gasteiger partial charge in [-0.15, -0.1) is 0 Å². The highest BCUT2D eigenvalue weighted by Crippen LogP contribution is 2.31.